The molecular weight excluding hydrogens is 289 g/mol. The van der Waals surface area contributed by atoms with Crippen LogP contribution in [0.2, 0.25) is 0 Å². The maximum absolute atomic E-state index is 12.5. The van der Waals surface area contributed by atoms with Gasteiger partial charge >= 0.3 is 6.18 Å². The minimum atomic E-state index is -4.43. The van der Waals surface area contributed by atoms with E-state index in [0.29, 0.717) is 5.56 Å². The highest BCUT2D eigenvalue weighted by Gasteiger charge is 2.35. The van der Waals surface area contributed by atoms with E-state index in [0.717, 1.165) is 16.2 Å². The van der Waals surface area contributed by atoms with Crippen LogP contribution >= 0.6 is 11.3 Å². The Hall–Kier alpha value is -1.52. The Balaban J connectivity index is 3.04. The van der Waals surface area contributed by atoms with Crippen LogP contribution in [0.1, 0.15) is 29.1 Å². The lowest BCUT2D eigenvalue weighted by Gasteiger charge is -2.27. The highest BCUT2D eigenvalue weighted by molar-refractivity contribution is 7.12. The molecule has 0 fully saturated rings. The normalized spacial score (nSPS) is 11.2. The molecule has 3 nitrogen and oxygen atoms in total. The smallest absolute Gasteiger partial charge is 0.326 e. The van der Waals surface area contributed by atoms with E-state index in [9.17, 15) is 18.0 Å². The van der Waals surface area contributed by atoms with Gasteiger partial charge in [-0.3, -0.25) is 4.79 Å². The van der Waals surface area contributed by atoms with Crippen molar-refractivity contribution in [3.63, 3.8) is 0 Å². The third-order valence-corrected chi connectivity index (χ3v) is 3.32. The average Bonchev–Trinajstić information content (AvgIpc) is 2.79. The molecule has 0 atom stereocenters. The second-order valence-electron chi connectivity index (χ2n) is 4.31. The summed E-state index contributed by atoms with van der Waals surface area (Å²) in [5.74, 6) is 4.63. The predicted octanol–water partition coefficient (Wildman–Crippen LogP) is 2.47. The zero-order valence-electron chi connectivity index (χ0n) is 11.1. The largest absolute Gasteiger partial charge is 0.406 e. The number of hydrogen-bond acceptors (Lipinski definition) is 3. The van der Waals surface area contributed by atoms with Crippen LogP contribution in [0.15, 0.2) is 11.4 Å². The number of nitrogens with two attached hydrogens (primary N) is 1. The molecule has 0 unspecified atom stereocenters. The molecule has 0 aliphatic heterocycles. The van der Waals surface area contributed by atoms with Gasteiger partial charge in [-0.1, -0.05) is 11.8 Å². The van der Waals surface area contributed by atoms with Crippen molar-refractivity contribution in [3.8, 4) is 11.8 Å². The zero-order valence-corrected chi connectivity index (χ0v) is 11.9. The number of alkyl halides is 3. The summed E-state index contributed by atoms with van der Waals surface area (Å²) in [5, 5.41) is 1.62. The predicted molar refractivity (Wildman–Crippen MR) is 72.5 cm³/mol. The molecule has 0 aliphatic rings. The number of amides is 1. The van der Waals surface area contributed by atoms with Crippen LogP contribution in [0.3, 0.4) is 0 Å². The fourth-order valence-corrected chi connectivity index (χ4v) is 2.34. The molecule has 1 aromatic heterocycles. The molecule has 0 saturated heterocycles. The van der Waals surface area contributed by atoms with E-state index in [1.165, 1.54) is 0 Å². The van der Waals surface area contributed by atoms with Gasteiger partial charge in [0, 0.05) is 11.6 Å². The number of hydrogen-bond donors (Lipinski definition) is 1. The van der Waals surface area contributed by atoms with Crippen LogP contribution in [0, 0.1) is 11.8 Å². The molecule has 2 N–H and O–H groups in total. The second kappa shape index (κ2) is 6.77. The summed E-state index contributed by atoms with van der Waals surface area (Å²) >= 11 is 1.08. The first-order chi connectivity index (χ1) is 9.26. The SMILES string of the molecule is CC(C)N(CC(F)(F)F)C(=O)c1sccc1C#CCN. The highest BCUT2D eigenvalue weighted by atomic mass is 32.1. The Bertz CT molecular complexity index is 526. The summed E-state index contributed by atoms with van der Waals surface area (Å²) in [7, 11) is 0. The molecule has 7 heteroatoms. The van der Waals surface area contributed by atoms with E-state index in [2.05, 4.69) is 11.8 Å². The van der Waals surface area contributed by atoms with Gasteiger partial charge < -0.3 is 10.6 Å². The molecule has 1 heterocycles. The first kappa shape index (κ1) is 16.5. The average molecular weight is 304 g/mol. The first-order valence-electron chi connectivity index (χ1n) is 5.90. The Morgan fingerprint density at radius 3 is 2.65 bits per heavy atom. The molecular formula is C13H15F3N2OS. The van der Waals surface area contributed by atoms with Gasteiger partial charge in [-0.2, -0.15) is 13.2 Å². The first-order valence-corrected chi connectivity index (χ1v) is 6.78. The summed E-state index contributed by atoms with van der Waals surface area (Å²) in [6.45, 7) is 1.94. The second-order valence-corrected chi connectivity index (χ2v) is 5.23. The lowest BCUT2D eigenvalue weighted by atomic mass is 10.2. The number of carbonyl (C=O) groups excluding carboxylic acids is 1. The van der Waals surface area contributed by atoms with Gasteiger partial charge in [-0.15, -0.1) is 11.3 Å². The van der Waals surface area contributed by atoms with Crippen molar-refractivity contribution in [1.82, 2.24) is 4.90 Å². The summed E-state index contributed by atoms with van der Waals surface area (Å²) < 4.78 is 37.6. The Morgan fingerprint density at radius 1 is 1.50 bits per heavy atom. The van der Waals surface area contributed by atoms with Crippen molar-refractivity contribution >= 4 is 17.2 Å². The highest BCUT2D eigenvalue weighted by Crippen LogP contribution is 2.23. The van der Waals surface area contributed by atoms with Gasteiger partial charge in [0.25, 0.3) is 5.91 Å². The maximum Gasteiger partial charge on any atom is 0.406 e. The van der Waals surface area contributed by atoms with Crippen molar-refractivity contribution in [2.45, 2.75) is 26.1 Å². The molecule has 0 bridgehead atoms. The maximum atomic E-state index is 12.5. The summed E-state index contributed by atoms with van der Waals surface area (Å²) in [6, 6.07) is 1.05. The van der Waals surface area contributed by atoms with Gasteiger partial charge in [0.2, 0.25) is 0 Å². The number of thiophene rings is 1. The number of nitrogens with zero attached hydrogens (tertiary/aromatic N) is 1. The van der Waals surface area contributed by atoms with E-state index < -0.39 is 24.7 Å². The van der Waals surface area contributed by atoms with Crippen molar-refractivity contribution in [1.29, 1.82) is 0 Å². The number of rotatable bonds is 3. The molecule has 1 rings (SSSR count). The van der Waals surface area contributed by atoms with Crippen molar-refractivity contribution in [2.24, 2.45) is 5.73 Å². The Morgan fingerprint density at radius 2 is 2.15 bits per heavy atom. The Labute approximate surface area is 119 Å². The van der Waals surface area contributed by atoms with Crippen molar-refractivity contribution in [3.05, 3.63) is 21.9 Å². The monoisotopic (exact) mass is 304 g/mol. The summed E-state index contributed by atoms with van der Waals surface area (Å²) in [4.78, 5) is 13.2. The molecule has 110 valence electrons. The minimum Gasteiger partial charge on any atom is -0.326 e. The molecule has 0 aliphatic carbocycles. The zero-order chi connectivity index (χ0) is 15.3. The quantitative estimate of drug-likeness (QED) is 0.872. The fraction of sp³-hybridized carbons (Fsp3) is 0.462. The summed E-state index contributed by atoms with van der Waals surface area (Å²) in [5.41, 5.74) is 5.66. The fourth-order valence-electron chi connectivity index (χ4n) is 1.53. The molecule has 0 spiro atoms. The van der Waals surface area contributed by atoms with Gasteiger partial charge in [0.05, 0.1) is 6.54 Å². The molecule has 0 radical (unpaired) electrons. The van der Waals surface area contributed by atoms with Crippen LogP contribution < -0.4 is 5.73 Å². The van der Waals surface area contributed by atoms with Gasteiger partial charge in [-0.25, -0.2) is 0 Å². The van der Waals surface area contributed by atoms with Gasteiger partial charge in [0.1, 0.15) is 11.4 Å². The van der Waals surface area contributed by atoms with E-state index in [1.807, 2.05) is 0 Å². The molecule has 0 saturated carbocycles. The minimum absolute atomic E-state index is 0.125. The molecule has 20 heavy (non-hydrogen) atoms. The van der Waals surface area contributed by atoms with Crippen molar-refractivity contribution < 1.29 is 18.0 Å². The number of carbonyl (C=O) groups is 1. The van der Waals surface area contributed by atoms with Gasteiger partial charge in [-0.05, 0) is 25.3 Å². The lowest BCUT2D eigenvalue weighted by Crippen LogP contribution is -2.43. The topological polar surface area (TPSA) is 46.3 Å². The van der Waals surface area contributed by atoms with Crippen LogP contribution in [0.5, 0.6) is 0 Å². The van der Waals surface area contributed by atoms with Gasteiger partial charge in [0.15, 0.2) is 0 Å². The van der Waals surface area contributed by atoms with Crippen LogP contribution in [0.4, 0.5) is 13.2 Å². The Kier molecular flexibility index (Phi) is 5.60. The van der Waals surface area contributed by atoms with E-state index in [1.54, 1.807) is 25.3 Å². The van der Waals surface area contributed by atoms with Crippen LogP contribution in [0.25, 0.3) is 0 Å². The van der Waals surface area contributed by atoms with Crippen LogP contribution in [-0.2, 0) is 0 Å². The molecule has 0 aromatic carbocycles. The molecule has 1 aromatic rings. The molecule has 1 amide bonds. The van der Waals surface area contributed by atoms with E-state index >= 15 is 0 Å². The van der Waals surface area contributed by atoms with E-state index in [-0.39, 0.29) is 11.4 Å². The standard InChI is InChI=1S/C13H15F3N2OS/c1-9(2)18(8-13(14,15)16)12(19)11-10(4-3-6-17)5-7-20-11/h5,7,9H,6,8,17H2,1-2H3. The van der Waals surface area contributed by atoms with Crippen molar-refractivity contribution in [2.75, 3.05) is 13.1 Å². The van der Waals surface area contributed by atoms with Crippen LogP contribution in [-0.4, -0.2) is 36.1 Å². The third kappa shape index (κ3) is 4.54. The third-order valence-electron chi connectivity index (χ3n) is 2.42. The number of halogens is 3. The summed E-state index contributed by atoms with van der Waals surface area (Å²) in [6.07, 6.45) is -4.43. The lowest BCUT2D eigenvalue weighted by molar-refractivity contribution is -0.143. The van der Waals surface area contributed by atoms with E-state index in [4.69, 9.17) is 5.73 Å².